The molecule has 0 saturated carbocycles. The predicted octanol–water partition coefficient (Wildman–Crippen LogP) is 3.31. The van der Waals surface area contributed by atoms with Crippen molar-refractivity contribution < 1.29 is 14.3 Å². The summed E-state index contributed by atoms with van der Waals surface area (Å²) in [7, 11) is 3.42. The predicted molar refractivity (Wildman–Crippen MR) is 141 cm³/mol. The van der Waals surface area contributed by atoms with E-state index in [9.17, 15) is 9.59 Å². The second kappa shape index (κ2) is 10.9. The van der Waals surface area contributed by atoms with Gasteiger partial charge in [0.2, 0.25) is 11.9 Å². The van der Waals surface area contributed by atoms with Crippen LogP contribution in [0, 0.1) is 5.92 Å². The van der Waals surface area contributed by atoms with Crippen LogP contribution in [-0.4, -0.2) is 66.6 Å². The Bertz CT molecular complexity index is 1360. The van der Waals surface area contributed by atoms with Crippen LogP contribution in [0.3, 0.4) is 0 Å². The summed E-state index contributed by atoms with van der Waals surface area (Å²) < 4.78 is 5.89. The summed E-state index contributed by atoms with van der Waals surface area (Å²) in [5.41, 5.74) is 3.32. The number of carbonyl (C=O) groups is 2. The molecule has 3 heterocycles. The molecule has 1 fully saturated rings. The van der Waals surface area contributed by atoms with Crippen LogP contribution < -0.4 is 15.4 Å². The number of amides is 2. The Kier molecular flexibility index (Phi) is 7.43. The topological polar surface area (TPSA) is 124 Å². The Labute approximate surface area is 209 Å². The fraction of sp³-hybridized carbons (Fsp3) is 0.269. The number of hydrogen-bond donors (Lipinski definition) is 3. The molecule has 4 rings (SSSR count). The summed E-state index contributed by atoms with van der Waals surface area (Å²) >= 11 is 0. The number of fused-ring (bicyclic) bond motifs is 1. The Morgan fingerprint density at radius 1 is 1.31 bits per heavy atom. The first-order valence-electron chi connectivity index (χ1n) is 11.6. The molecule has 1 unspecified atom stereocenters. The van der Waals surface area contributed by atoms with E-state index >= 15 is 0 Å². The van der Waals surface area contributed by atoms with Crippen molar-refractivity contribution in [2.75, 3.05) is 32.6 Å². The molecule has 3 N–H and O–H groups in total. The molecule has 3 aromatic rings. The van der Waals surface area contributed by atoms with Crippen molar-refractivity contribution in [1.29, 1.82) is 0 Å². The highest BCUT2D eigenvalue weighted by atomic mass is 16.5. The van der Waals surface area contributed by atoms with Crippen LogP contribution in [0.1, 0.15) is 29.5 Å². The van der Waals surface area contributed by atoms with Crippen molar-refractivity contribution in [3.63, 3.8) is 0 Å². The number of pyridine rings is 1. The minimum atomic E-state index is -0.0967. The fourth-order valence-corrected chi connectivity index (χ4v) is 3.82. The van der Waals surface area contributed by atoms with Crippen LogP contribution in [0.25, 0.3) is 16.6 Å². The number of aromatic amines is 1. The molecule has 0 radical (unpaired) electrons. The van der Waals surface area contributed by atoms with E-state index in [1.165, 1.54) is 4.90 Å². The first kappa shape index (κ1) is 24.6. The van der Waals surface area contributed by atoms with Gasteiger partial charge in [-0.25, -0.2) is 9.98 Å². The Balaban J connectivity index is 1.49. The van der Waals surface area contributed by atoms with Gasteiger partial charge in [-0.05, 0) is 44.0 Å². The average molecular weight is 488 g/mol. The van der Waals surface area contributed by atoms with Gasteiger partial charge in [-0.15, -0.1) is 0 Å². The number of rotatable bonds is 7. The van der Waals surface area contributed by atoms with E-state index in [0.717, 1.165) is 16.6 Å². The van der Waals surface area contributed by atoms with Crippen LogP contribution in [0.5, 0.6) is 5.75 Å². The molecule has 1 saturated heterocycles. The number of nitrogens with one attached hydrogen (secondary N) is 3. The summed E-state index contributed by atoms with van der Waals surface area (Å²) in [5.74, 6) is 1.06. The van der Waals surface area contributed by atoms with Crippen molar-refractivity contribution in [1.82, 2.24) is 20.2 Å². The van der Waals surface area contributed by atoms with Crippen molar-refractivity contribution in [3.05, 3.63) is 60.1 Å². The SMILES string of the molecule is C=NC(=N/C(=C\C)c1cc(OCC2CNC(=O)C2)ccn1)Nc1ccc2[nH]c(C(=O)N(C)C)cc2c1. The summed E-state index contributed by atoms with van der Waals surface area (Å²) in [5, 5.41) is 6.86. The van der Waals surface area contributed by atoms with Crippen LogP contribution in [0.15, 0.2) is 58.7 Å². The highest BCUT2D eigenvalue weighted by molar-refractivity contribution is 6.02. The van der Waals surface area contributed by atoms with Crippen molar-refractivity contribution in [2.45, 2.75) is 13.3 Å². The molecule has 1 atom stereocenters. The highest BCUT2D eigenvalue weighted by Crippen LogP contribution is 2.23. The molecule has 1 aliphatic heterocycles. The lowest BCUT2D eigenvalue weighted by molar-refractivity contribution is -0.119. The lowest BCUT2D eigenvalue weighted by Gasteiger charge is -2.11. The lowest BCUT2D eigenvalue weighted by atomic mass is 10.1. The molecule has 10 nitrogen and oxygen atoms in total. The van der Waals surface area contributed by atoms with Gasteiger partial charge in [0.05, 0.1) is 18.0 Å². The summed E-state index contributed by atoms with van der Waals surface area (Å²) in [6.07, 6.45) is 3.96. The first-order valence-corrected chi connectivity index (χ1v) is 11.6. The molecule has 0 aliphatic carbocycles. The molecule has 0 spiro atoms. The number of hydrogen-bond acceptors (Lipinski definition) is 5. The Morgan fingerprint density at radius 2 is 2.14 bits per heavy atom. The molecule has 2 aromatic heterocycles. The molecular weight excluding hydrogens is 458 g/mol. The molecule has 0 bridgehead atoms. The normalized spacial score (nSPS) is 16.1. The zero-order valence-electron chi connectivity index (χ0n) is 20.5. The number of aromatic nitrogens is 2. The van der Waals surface area contributed by atoms with Crippen LogP contribution in [0.4, 0.5) is 5.69 Å². The number of benzene rings is 1. The molecular formula is C26H29N7O3. The Morgan fingerprint density at radius 3 is 2.83 bits per heavy atom. The largest absolute Gasteiger partial charge is 0.493 e. The van der Waals surface area contributed by atoms with E-state index in [1.807, 2.05) is 37.3 Å². The molecule has 36 heavy (non-hydrogen) atoms. The number of guanidine groups is 1. The van der Waals surface area contributed by atoms with Crippen LogP contribution in [0.2, 0.25) is 0 Å². The molecule has 1 aromatic carbocycles. The van der Waals surface area contributed by atoms with E-state index in [1.54, 1.807) is 32.4 Å². The van der Waals surface area contributed by atoms with Gasteiger partial charge in [0.25, 0.3) is 5.91 Å². The number of aliphatic imine (C=N–C) groups is 2. The van der Waals surface area contributed by atoms with E-state index in [-0.39, 0.29) is 17.7 Å². The first-order chi connectivity index (χ1) is 17.4. The standard InChI is InChI=1S/C26H29N7O3/c1-5-20(22-13-19(8-9-28-22)36-15-16-10-24(34)29-14-16)32-26(27-2)30-18-6-7-21-17(11-18)12-23(31-21)25(35)33(3)4/h5-9,11-13,16,31H,2,10,14-15H2,1,3-4H3,(H,29,34)(H,30,32)/b20-5-. The molecule has 186 valence electrons. The minimum absolute atomic E-state index is 0.0552. The maximum atomic E-state index is 12.3. The monoisotopic (exact) mass is 487 g/mol. The average Bonchev–Trinajstić information content (AvgIpc) is 3.50. The Hall–Kier alpha value is -4.47. The number of carbonyl (C=O) groups excluding carboxylic acids is 2. The maximum Gasteiger partial charge on any atom is 0.269 e. The van der Waals surface area contributed by atoms with Gasteiger partial charge in [-0.3, -0.25) is 14.6 Å². The van der Waals surface area contributed by atoms with Gasteiger partial charge in [0.15, 0.2) is 0 Å². The van der Waals surface area contributed by atoms with E-state index in [2.05, 4.69) is 37.3 Å². The van der Waals surface area contributed by atoms with Crippen molar-refractivity contribution in [2.24, 2.45) is 15.9 Å². The number of H-pyrrole nitrogens is 1. The van der Waals surface area contributed by atoms with Gasteiger partial charge in [0.1, 0.15) is 11.4 Å². The van der Waals surface area contributed by atoms with Crippen LogP contribution >= 0.6 is 0 Å². The third-order valence-corrected chi connectivity index (χ3v) is 5.70. The van der Waals surface area contributed by atoms with Crippen LogP contribution in [-0.2, 0) is 4.79 Å². The van der Waals surface area contributed by atoms with Gasteiger partial charge >= 0.3 is 0 Å². The van der Waals surface area contributed by atoms with Gasteiger partial charge < -0.3 is 25.3 Å². The summed E-state index contributed by atoms with van der Waals surface area (Å²) in [6, 6.07) is 11.1. The zero-order chi connectivity index (χ0) is 25.7. The quantitative estimate of drug-likeness (QED) is 0.348. The number of allylic oxidation sites excluding steroid dienone is 1. The van der Waals surface area contributed by atoms with E-state index in [4.69, 9.17) is 4.74 Å². The smallest absolute Gasteiger partial charge is 0.269 e. The minimum Gasteiger partial charge on any atom is -0.493 e. The number of ether oxygens (including phenoxy) is 1. The van der Waals surface area contributed by atoms with Gasteiger partial charge in [-0.2, -0.15) is 0 Å². The molecule has 1 aliphatic rings. The third-order valence-electron chi connectivity index (χ3n) is 5.70. The zero-order valence-corrected chi connectivity index (χ0v) is 20.5. The van der Waals surface area contributed by atoms with E-state index in [0.29, 0.717) is 48.4 Å². The van der Waals surface area contributed by atoms with E-state index < -0.39 is 0 Å². The third kappa shape index (κ3) is 5.77. The number of nitrogens with zero attached hydrogens (tertiary/aromatic N) is 4. The number of anilines is 1. The lowest BCUT2D eigenvalue weighted by Crippen LogP contribution is -2.21. The molecule has 2 amide bonds. The second-order valence-electron chi connectivity index (χ2n) is 8.64. The summed E-state index contributed by atoms with van der Waals surface area (Å²) in [4.78, 5) is 41.4. The highest BCUT2D eigenvalue weighted by Gasteiger charge is 2.22. The second-order valence-corrected chi connectivity index (χ2v) is 8.64. The van der Waals surface area contributed by atoms with Crippen molar-refractivity contribution >= 4 is 46.8 Å². The summed E-state index contributed by atoms with van der Waals surface area (Å²) in [6.45, 7) is 6.57. The van der Waals surface area contributed by atoms with Crippen molar-refractivity contribution in [3.8, 4) is 5.75 Å². The van der Waals surface area contributed by atoms with Gasteiger partial charge in [0, 0.05) is 61.8 Å². The molecule has 10 heteroatoms. The fourth-order valence-electron chi connectivity index (χ4n) is 3.82. The maximum absolute atomic E-state index is 12.3. The van der Waals surface area contributed by atoms with Gasteiger partial charge in [-0.1, -0.05) is 6.08 Å².